The van der Waals surface area contributed by atoms with Crippen LogP contribution in [-0.2, 0) is 11.3 Å². The Hall–Kier alpha value is -1.20. The van der Waals surface area contributed by atoms with Gasteiger partial charge in [-0.15, -0.1) is 0 Å². The summed E-state index contributed by atoms with van der Waals surface area (Å²) in [6, 6.07) is 7.03. The van der Waals surface area contributed by atoms with Crippen LogP contribution < -0.4 is 10.1 Å². The van der Waals surface area contributed by atoms with Crippen molar-refractivity contribution in [2.75, 3.05) is 13.2 Å². The summed E-state index contributed by atoms with van der Waals surface area (Å²) in [6.45, 7) is -0.571. The fourth-order valence-corrected chi connectivity index (χ4v) is 1.40. The predicted molar refractivity (Wildman–Crippen MR) is 54.5 cm³/mol. The van der Waals surface area contributed by atoms with E-state index in [1.807, 2.05) is 0 Å². The van der Waals surface area contributed by atoms with Gasteiger partial charge in [0.05, 0.1) is 19.3 Å². The SMILES string of the molecule is FC(F)Oc1ccc(CNC2COC2)cc1. The lowest BCUT2D eigenvalue weighted by atomic mass is 10.2. The van der Waals surface area contributed by atoms with E-state index in [9.17, 15) is 8.78 Å². The number of alkyl halides is 2. The first-order valence-corrected chi connectivity index (χ1v) is 5.09. The third-order valence-corrected chi connectivity index (χ3v) is 2.38. The van der Waals surface area contributed by atoms with Crippen LogP contribution in [0, 0.1) is 0 Å². The van der Waals surface area contributed by atoms with Crippen molar-refractivity contribution in [3.8, 4) is 5.75 Å². The maximum absolute atomic E-state index is 11.9. The van der Waals surface area contributed by atoms with E-state index < -0.39 is 6.61 Å². The van der Waals surface area contributed by atoms with Crippen LogP contribution in [-0.4, -0.2) is 25.9 Å². The molecule has 5 heteroatoms. The van der Waals surface area contributed by atoms with Gasteiger partial charge in [-0.05, 0) is 17.7 Å². The summed E-state index contributed by atoms with van der Waals surface area (Å²) < 4.78 is 33.0. The van der Waals surface area contributed by atoms with Crippen molar-refractivity contribution in [1.29, 1.82) is 0 Å². The van der Waals surface area contributed by atoms with Crippen LogP contribution in [0.5, 0.6) is 5.75 Å². The molecule has 1 aromatic rings. The van der Waals surface area contributed by atoms with Crippen molar-refractivity contribution >= 4 is 0 Å². The Morgan fingerprint density at radius 2 is 2.00 bits per heavy atom. The molecule has 0 spiro atoms. The Morgan fingerprint density at radius 1 is 1.31 bits per heavy atom. The van der Waals surface area contributed by atoms with Crippen LogP contribution in [0.15, 0.2) is 24.3 Å². The second-order valence-corrected chi connectivity index (χ2v) is 3.64. The first-order valence-electron chi connectivity index (χ1n) is 5.09. The monoisotopic (exact) mass is 229 g/mol. The minimum absolute atomic E-state index is 0.186. The van der Waals surface area contributed by atoms with Crippen LogP contribution in [0.3, 0.4) is 0 Å². The molecule has 0 radical (unpaired) electrons. The van der Waals surface area contributed by atoms with Crippen LogP contribution in [0.4, 0.5) is 8.78 Å². The van der Waals surface area contributed by atoms with Crippen molar-refractivity contribution in [2.45, 2.75) is 19.2 Å². The molecule has 0 aliphatic carbocycles. The normalized spacial score (nSPS) is 16.2. The van der Waals surface area contributed by atoms with Gasteiger partial charge in [-0.3, -0.25) is 0 Å². The van der Waals surface area contributed by atoms with Gasteiger partial charge in [0.25, 0.3) is 0 Å². The second-order valence-electron chi connectivity index (χ2n) is 3.64. The van der Waals surface area contributed by atoms with E-state index in [1.54, 1.807) is 24.3 Å². The van der Waals surface area contributed by atoms with Gasteiger partial charge < -0.3 is 14.8 Å². The highest BCUT2D eigenvalue weighted by atomic mass is 19.3. The number of ether oxygens (including phenoxy) is 2. The maximum atomic E-state index is 11.9. The zero-order valence-electron chi connectivity index (χ0n) is 8.66. The molecule has 1 aromatic carbocycles. The summed E-state index contributed by atoms with van der Waals surface area (Å²) in [5.41, 5.74) is 1.04. The summed E-state index contributed by atoms with van der Waals surface area (Å²) in [4.78, 5) is 0. The van der Waals surface area contributed by atoms with Gasteiger partial charge >= 0.3 is 6.61 Å². The number of halogens is 2. The first-order chi connectivity index (χ1) is 7.74. The Labute approximate surface area is 92.4 Å². The van der Waals surface area contributed by atoms with Gasteiger partial charge in [-0.1, -0.05) is 12.1 Å². The fraction of sp³-hybridized carbons (Fsp3) is 0.455. The number of rotatable bonds is 5. The van der Waals surface area contributed by atoms with Crippen LogP contribution in [0.25, 0.3) is 0 Å². The van der Waals surface area contributed by atoms with Crippen molar-refractivity contribution in [2.24, 2.45) is 0 Å². The minimum Gasteiger partial charge on any atom is -0.435 e. The van der Waals surface area contributed by atoms with Crippen molar-refractivity contribution in [1.82, 2.24) is 5.32 Å². The highest BCUT2D eigenvalue weighted by Gasteiger charge is 2.16. The van der Waals surface area contributed by atoms with E-state index >= 15 is 0 Å². The third kappa shape index (κ3) is 3.15. The quantitative estimate of drug-likeness (QED) is 0.834. The molecule has 0 atom stereocenters. The standard InChI is InChI=1S/C11H13F2NO2/c12-11(13)16-10-3-1-8(2-4-10)5-14-9-6-15-7-9/h1-4,9,11,14H,5-7H2. The summed E-state index contributed by atoms with van der Waals surface area (Å²) in [5, 5.41) is 3.28. The number of hydrogen-bond donors (Lipinski definition) is 1. The van der Waals surface area contributed by atoms with E-state index in [-0.39, 0.29) is 5.75 Å². The molecule has 88 valence electrons. The van der Waals surface area contributed by atoms with Crippen LogP contribution in [0.1, 0.15) is 5.56 Å². The molecule has 0 aromatic heterocycles. The zero-order valence-corrected chi connectivity index (χ0v) is 8.66. The number of benzene rings is 1. The topological polar surface area (TPSA) is 30.5 Å². The molecular formula is C11H13F2NO2. The molecule has 0 amide bonds. The molecule has 1 fully saturated rings. The highest BCUT2D eigenvalue weighted by Crippen LogP contribution is 2.15. The van der Waals surface area contributed by atoms with Crippen molar-refractivity contribution in [3.05, 3.63) is 29.8 Å². The van der Waals surface area contributed by atoms with Crippen molar-refractivity contribution in [3.63, 3.8) is 0 Å². The fourth-order valence-electron chi connectivity index (χ4n) is 1.40. The molecule has 1 heterocycles. The van der Waals surface area contributed by atoms with Gasteiger partial charge in [0, 0.05) is 6.54 Å². The first kappa shape index (κ1) is 11.3. The number of hydrogen-bond acceptors (Lipinski definition) is 3. The average Bonchev–Trinajstić information content (AvgIpc) is 2.17. The lowest BCUT2D eigenvalue weighted by Crippen LogP contribution is -2.45. The number of nitrogens with one attached hydrogen (secondary N) is 1. The van der Waals surface area contributed by atoms with Crippen LogP contribution in [0.2, 0.25) is 0 Å². The molecule has 0 bridgehead atoms. The van der Waals surface area contributed by atoms with Gasteiger partial charge in [-0.2, -0.15) is 8.78 Å². The summed E-state index contributed by atoms with van der Waals surface area (Å²) >= 11 is 0. The van der Waals surface area contributed by atoms with Gasteiger partial charge in [0.1, 0.15) is 5.75 Å². The Kier molecular flexibility index (Phi) is 3.69. The van der Waals surface area contributed by atoms with E-state index in [2.05, 4.69) is 10.1 Å². The van der Waals surface area contributed by atoms with Gasteiger partial charge in [-0.25, -0.2) is 0 Å². The van der Waals surface area contributed by atoms with Crippen molar-refractivity contribution < 1.29 is 18.3 Å². The van der Waals surface area contributed by atoms with Gasteiger partial charge in [0.2, 0.25) is 0 Å². The summed E-state index contributed by atoms with van der Waals surface area (Å²) in [7, 11) is 0. The minimum atomic E-state index is -2.77. The molecule has 1 saturated heterocycles. The Balaban J connectivity index is 1.81. The molecule has 1 aliphatic heterocycles. The Bertz CT molecular complexity index is 325. The summed E-state index contributed by atoms with van der Waals surface area (Å²) in [6.07, 6.45) is 0. The second kappa shape index (κ2) is 5.23. The summed E-state index contributed by atoms with van der Waals surface area (Å²) in [5.74, 6) is 0.186. The van der Waals surface area contributed by atoms with Gasteiger partial charge in [0.15, 0.2) is 0 Å². The van der Waals surface area contributed by atoms with E-state index in [4.69, 9.17) is 4.74 Å². The molecule has 1 N–H and O–H groups in total. The Morgan fingerprint density at radius 3 is 2.50 bits per heavy atom. The molecule has 2 rings (SSSR count). The molecule has 0 saturated carbocycles. The predicted octanol–water partition coefficient (Wildman–Crippen LogP) is 1.78. The van der Waals surface area contributed by atoms with E-state index in [1.165, 1.54) is 0 Å². The lowest BCUT2D eigenvalue weighted by Gasteiger charge is -2.27. The molecule has 1 aliphatic rings. The highest BCUT2D eigenvalue weighted by molar-refractivity contribution is 5.27. The van der Waals surface area contributed by atoms with E-state index in [0.717, 1.165) is 18.8 Å². The average molecular weight is 229 g/mol. The van der Waals surface area contributed by atoms with E-state index in [0.29, 0.717) is 12.6 Å². The molecular weight excluding hydrogens is 216 g/mol. The lowest BCUT2D eigenvalue weighted by molar-refractivity contribution is -0.0498. The zero-order chi connectivity index (χ0) is 11.4. The third-order valence-electron chi connectivity index (χ3n) is 2.38. The maximum Gasteiger partial charge on any atom is 0.387 e. The molecule has 16 heavy (non-hydrogen) atoms. The largest absolute Gasteiger partial charge is 0.435 e. The van der Waals surface area contributed by atoms with Crippen LogP contribution >= 0.6 is 0 Å². The molecule has 0 unspecified atom stereocenters. The smallest absolute Gasteiger partial charge is 0.387 e. The molecule has 3 nitrogen and oxygen atoms in total.